The Morgan fingerprint density at radius 2 is 1.96 bits per heavy atom. The van der Waals surface area contributed by atoms with Crippen LogP contribution in [-0.4, -0.2) is 37.2 Å². The van der Waals surface area contributed by atoms with Gasteiger partial charge in [0.15, 0.2) is 5.75 Å². The number of nitrogens with one attached hydrogen (secondary N) is 1. The maximum atomic E-state index is 12.6. The molecule has 5 heteroatoms. The summed E-state index contributed by atoms with van der Waals surface area (Å²) in [6.07, 6.45) is 1.93. The van der Waals surface area contributed by atoms with E-state index in [1.165, 1.54) is 0 Å². The number of nitrogens with zero attached hydrogens (tertiary/aromatic N) is 1. The summed E-state index contributed by atoms with van der Waals surface area (Å²) in [4.78, 5) is 14.4. The van der Waals surface area contributed by atoms with Gasteiger partial charge in [0.25, 0.3) is 0 Å². The number of hydrogen-bond donors (Lipinski definition) is 1. The van der Waals surface area contributed by atoms with Crippen LogP contribution in [0.4, 0.5) is 10.5 Å². The van der Waals surface area contributed by atoms with E-state index in [0.29, 0.717) is 18.0 Å². The van der Waals surface area contributed by atoms with Gasteiger partial charge >= 0.3 is 6.03 Å². The number of carbonyl (C=O) groups is 1. The molecule has 1 fully saturated rings. The third kappa shape index (κ3) is 3.94. The Balaban J connectivity index is 1.74. The van der Waals surface area contributed by atoms with Crippen molar-refractivity contribution in [3.05, 3.63) is 54.1 Å². The highest BCUT2D eigenvalue weighted by Gasteiger charge is 2.48. The minimum Gasteiger partial charge on any atom is -0.455 e. The number of hydrogen-bond acceptors (Lipinski definition) is 3. The van der Waals surface area contributed by atoms with Crippen LogP contribution in [0.3, 0.4) is 0 Å². The second kappa shape index (κ2) is 7.15. The van der Waals surface area contributed by atoms with E-state index >= 15 is 0 Å². The van der Waals surface area contributed by atoms with Crippen molar-refractivity contribution in [2.75, 3.05) is 26.1 Å². The fourth-order valence-corrected chi connectivity index (χ4v) is 2.87. The molecule has 0 radical (unpaired) electrons. The Bertz CT molecular complexity index is 756. The molecule has 0 bridgehead atoms. The molecule has 1 aliphatic rings. The van der Waals surface area contributed by atoms with Gasteiger partial charge in [-0.25, -0.2) is 4.79 Å². The topological polar surface area (TPSA) is 50.8 Å². The minimum absolute atomic E-state index is 0.158. The number of urea groups is 1. The number of rotatable bonds is 6. The average molecular weight is 340 g/mol. The molecule has 5 nitrogen and oxygen atoms in total. The number of aryl methyl sites for hydroxylation is 1. The molecule has 1 aliphatic carbocycles. The van der Waals surface area contributed by atoms with E-state index in [-0.39, 0.29) is 11.6 Å². The third-order valence-corrected chi connectivity index (χ3v) is 4.60. The van der Waals surface area contributed by atoms with Gasteiger partial charge in [0.1, 0.15) is 5.75 Å². The summed E-state index contributed by atoms with van der Waals surface area (Å²) in [5, 5.41) is 2.96. The Morgan fingerprint density at radius 3 is 2.64 bits per heavy atom. The zero-order valence-electron chi connectivity index (χ0n) is 14.9. The second-order valence-corrected chi connectivity index (χ2v) is 6.56. The maximum Gasteiger partial charge on any atom is 0.322 e. The Morgan fingerprint density at radius 1 is 1.20 bits per heavy atom. The number of likely N-dealkylation sites (N-methyl/N-ethyl adjacent to an activating group) is 1. The second-order valence-electron chi connectivity index (χ2n) is 6.56. The predicted octanol–water partition coefficient (Wildman–Crippen LogP) is 4.43. The maximum absolute atomic E-state index is 12.6. The van der Waals surface area contributed by atoms with Gasteiger partial charge in [0, 0.05) is 14.2 Å². The lowest BCUT2D eigenvalue weighted by Gasteiger charge is -2.28. The summed E-state index contributed by atoms with van der Waals surface area (Å²) >= 11 is 0. The lowest BCUT2D eigenvalue weighted by molar-refractivity contribution is 0.108. The molecule has 0 atom stereocenters. The van der Waals surface area contributed by atoms with Gasteiger partial charge in [-0.3, -0.25) is 0 Å². The van der Waals surface area contributed by atoms with Crippen molar-refractivity contribution < 1.29 is 14.3 Å². The molecule has 2 aromatic carbocycles. The van der Waals surface area contributed by atoms with Crippen LogP contribution in [-0.2, 0) is 4.74 Å². The molecule has 132 valence electrons. The first-order valence-corrected chi connectivity index (χ1v) is 8.41. The van der Waals surface area contributed by atoms with E-state index < -0.39 is 0 Å². The van der Waals surface area contributed by atoms with E-state index in [1.807, 2.05) is 62.5 Å². The Labute approximate surface area is 148 Å². The molecule has 0 spiro atoms. The third-order valence-electron chi connectivity index (χ3n) is 4.60. The zero-order chi connectivity index (χ0) is 17.9. The Kier molecular flexibility index (Phi) is 4.95. The van der Waals surface area contributed by atoms with Gasteiger partial charge in [-0.05, 0) is 49.6 Å². The number of anilines is 1. The van der Waals surface area contributed by atoms with Gasteiger partial charge in [-0.2, -0.15) is 0 Å². The first kappa shape index (κ1) is 17.3. The van der Waals surface area contributed by atoms with Gasteiger partial charge < -0.3 is 19.7 Å². The quantitative estimate of drug-likeness (QED) is 0.846. The summed E-state index contributed by atoms with van der Waals surface area (Å²) < 4.78 is 11.2. The van der Waals surface area contributed by atoms with Crippen molar-refractivity contribution in [2.24, 2.45) is 0 Å². The van der Waals surface area contributed by atoms with Crippen molar-refractivity contribution in [2.45, 2.75) is 25.3 Å². The summed E-state index contributed by atoms with van der Waals surface area (Å²) in [5.41, 5.74) is 1.59. The summed E-state index contributed by atoms with van der Waals surface area (Å²) in [6.45, 7) is 2.57. The predicted molar refractivity (Wildman–Crippen MR) is 98.3 cm³/mol. The summed E-state index contributed by atoms with van der Waals surface area (Å²) in [6, 6.07) is 15.1. The van der Waals surface area contributed by atoms with Crippen LogP contribution >= 0.6 is 0 Å². The lowest BCUT2D eigenvalue weighted by atomic mass is 10.2. The van der Waals surface area contributed by atoms with Crippen LogP contribution < -0.4 is 10.1 Å². The molecular formula is C20H24N2O3. The molecule has 2 amide bonds. The molecule has 0 heterocycles. The number of methoxy groups -OCH3 is 1. The molecule has 0 aliphatic heterocycles. The van der Waals surface area contributed by atoms with E-state index in [0.717, 1.165) is 24.2 Å². The number of benzene rings is 2. The van der Waals surface area contributed by atoms with Crippen LogP contribution in [0.15, 0.2) is 48.5 Å². The molecule has 1 saturated carbocycles. The smallest absolute Gasteiger partial charge is 0.322 e. The number of para-hydroxylation sites is 2. The number of ether oxygens (including phenoxy) is 2. The van der Waals surface area contributed by atoms with Crippen molar-refractivity contribution >= 4 is 11.7 Å². The molecule has 2 aromatic rings. The highest BCUT2D eigenvalue weighted by Crippen LogP contribution is 2.41. The van der Waals surface area contributed by atoms with E-state index in [2.05, 4.69) is 5.32 Å². The van der Waals surface area contributed by atoms with E-state index in [4.69, 9.17) is 9.47 Å². The molecule has 3 rings (SSSR count). The minimum atomic E-state index is -0.175. The molecule has 1 N–H and O–H groups in total. The molecular weight excluding hydrogens is 316 g/mol. The molecule has 0 saturated heterocycles. The largest absolute Gasteiger partial charge is 0.455 e. The standard InChI is InChI=1S/C20H24N2O3/c1-15-7-6-8-16(13-15)25-18-10-5-4-9-17(18)21-19(23)22(2)20(11-12-20)14-24-3/h4-10,13H,11-12,14H2,1-3H3,(H,21,23). The average Bonchev–Trinajstić information content (AvgIpc) is 3.37. The molecule has 0 unspecified atom stereocenters. The van der Waals surface area contributed by atoms with E-state index in [1.54, 1.807) is 12.0 Å². The van der Waals surface area contributed by atoms with Crippen LogP contribution in [0.5, 0.6) is 11.5 Å². The van der Waals surface area contributed by atoms with Crippen LogP contribution in [0, 0.1) is 6.92 Å². The highest BCUT2D eigenvalue weighted by molar-refractivity contribution is 5.91. The first-order chi connectivity index (χ1) is 12.0. The van der Waals surface area contributed by atoms with Crippen molar-refractivity contribution in [3.63, 3.8) is 0 Å². The molecule has 0 aromatic heterocycles. The Hall–Kier alpha value is -2.53. The number of carbonyl (C=O) groups excluding carboxylic acids is 1. The van der Waals surface area contributed by atoms with Crippen molar-refractivity contribution in [3.8, 4) is 11.5 Å². The van der Waals surface area contributed by atoms with Crippen molar-refractivity contribution in [1.29, 1.82) is 0 Å². The fourth-order valence-electron chi connectivity index (χ4n) is 2.87. The van der Waals surface area contributed by atoms with Gasteiger partial charge in [0.05, 0.1) is 17.8 Å². The van der Waals surface area contributed by atoms with Gasteiger partial charge in [-0.1, -0.05) is 24.3 Å². The van der Waals surface area contributed by atoms with Crippen molar-refractivity contribution in [1.82, 2.24) is 4.90 Å². The molecule has 25 heavy (non-hydrogen) atoms. The lowest BCUT2D eigenvalue weighted by Crippen LogP contribution is -2.44. The van der Waals surface area contributed by atoms with Gasteiger partial charge in [-0.15, -0.1) is 0 Å². The van der Waals surface area contributed by atoms with E-state index in [9.17, 15) is 4.79 Å². The number of amides is 2. The summed E-state index contributed by atoms with van der Waals surface area (Å²) in [7, 11) is 3.47. The SMILES string of the molecule is COCC1(N(C)C(=O)Nc2ccccc2Oc2cccc(C)c2)CC1. The highest BCUT2D eigenvalue weighted by atomic mass is 16.5. The van der Waals surface area contributed by atoms with Crippen LogP contribution in [0.1, 0.15) is 18.4 Å². The monoisotopic (exact) mass is 340 g/mol. The first-order valence-electron chi connectivity index (χ1n) is 8.41. The van der Waals surface area contributed by atoms with Gasteiger partial charge in [0.2, 0.25) is 0 Å². The normalized spacial score (nSPS) is 14.7. The zero-order valence-corrected chi connectivity index (χ0v) is 14.9. The fraction of sp³-hybridized carbons (Fsp3) is 0.350. The van der Waals surface area contributed by atoms with Crippen LogP contribution in [0.25, 0.3) is 0 Å². The van der Waals surface area contributed by atoms with Crippen LogP contribution in [0.2, 0.25) is 0 Å². The summed E-state index contributed by atoms with van der Waals surface area (Å²) in [5.74, 6) is 1.36.